The van der Waals surface area contributed by atoms with Gasteiger partial charge in [0.2, 0.25) is 0 Å². The number of nitrogens with zero attached hydrogens (tertiary/aromatic N) is 3. The van der Waals surface area contributed by atoms with E-state index in [-0.39, 0.29) is 11.5 Å². The second-order valence-corrected chi connectivity index (χ2v) is 7.59. The lowest BCUT2D eigenvalue weighted by molar-refractivity contribution is -0.122. The Morgan fingerprint density at radius 3 is 2.62 bits per heavy atom. The predicted molar refractivity (Wildman–Crippen MR) is 115 cm³/mol. The molecule has 0 spiro atoms. The molecule has 3 aromatic rings. The van der Waals surface area contributed by atoms with Gasteiger partial charge in [-0.05, 0) is 61.6 Å². The normalized spacial score (nSPS) is 14.0. The van der Waals surface area contributed by atoms with Crippen molar-refractivity contribution in [2.75, 3.05) is 11.4 Å². The van der Waals surface area contributed by atoms with Crippen LogP contribution in [0.4, 0.5) is 5.69 Å². The van der Waals surface area contributed by atoms with Crippen molar-refractivity contribution >= 4 is 11.6 Å². The lowest BCUT2D eigenvalue weighted by atomic mass is 10.0. The molecule has 0 aliphatic carbocycles. The van der Waals surface area contributed by atoms with E-state index in [9.17, 15) is 9.59 Å². The van der Waals surface area contributed by atoms with Gasteiger partial charge in [0.25, 0.3) is 11.5 Å². The molecule has 1 aromatic heterocycles. The molecule has 1 aliphatic rings. The molecule has 1 amide bonds. The smallest absolute Gasteiger partial charge is 0.267 e. The molecule has 0 saturated carbocycles. The molecule has 2 heterocycles. The van der Waals surface area contributed by atoms with E-state index in [4.69, 9.17) is 0 Å². The Bertz CT molecular complexity index is 1130. The van der Waals surface area contributed by atoms with E-state index in [1.165, 1.54) is 27.4 Å². The van der Waals surface area contributed by atoms with Crippen molar-refractivity contribution in [1.29, 1.82) is 0 Å². The van der Waals surface area contributed by atoms with E-state index in [1.807, 2.05) is 43.3 Å². The van der Waals surface area contributed by atoms with E-state index >= 15 is 0 Å². The number of hydrogen-bond donors (Lipinski definition) is 0. The SMILES string of the molecule is CCC(C(=O)N1CCc2ccccc21)n1nc(-c2ccc(C)c(C)c2)ccc1=O. The first kappa shape index (κ1) is 19.1. The van der Waals surface area contributed by atoms with Crippen LogP contribution in [0.2, 0.25) is 0 Å². The molecule has 0 saturated heterocycles. The third-order valence-corrected chi connectivity index (χ3v) is 5.75. The number of rotatable bonds is 4. The first-order valence-corrected chi connectivity index (χ1v) is 10.1. The highest BCUT2D eigenvalue weighted by Crippen LogP contribution is 2.30. The Balaban J connectivity index is 1.71. The third kappa shape index (κ3) is 3.48. The minimum Gasteiger partial charge on any atom is -0.310 e. The summed E-state index contributed by atoms with van der Waals surface area (Å²) in [5.74, 6) is -0.0794. The Morgan fingerprint density at radius 2 is 1.86 bits per heavy atom. The van der Waals surface area contributed by atoms with Gasteiger partial charge in [-0.2, -0.15) is 5.10 Å². The summed E-state index contributed by atoms with van der Waals surface area (Å²) in [5.41, 5.74) is 5.85. The Morgan fingerprint density at radius 1 is 1.07 bits per heavy atom. The summed E-state index contributed by atoms with van der Waals surface area (Å²) in [6.45, 7) is 6.67. The van der Waals surface area contributed by atoms with E-state index in [1.54, 1.807) is 11.0 Å². The first-order chi connectivity index (χ1) is 14.0. The highest BCUT2D eigenvalue weighted by molar-refractivity contribution is 5.97. The molecule has 4 rings (SSSR count). The number of carbonyl (C=O) groups excluding carboxylic acids is 1. The van der Waals surface area contributed by atoms with Crippen molar-refractivity contribution in [2.45, 2.75) is 39.7 Å². The van der Waals surface area contributed by atoms with Crippen LogP contribution in [0, 0.1) is 13.8 Å². The minimum absolute atomic E-state index is 0.0794. The first-order valence-electron chi connectivity index (χ1n) is 10.1. The van der Waals surface area contributed by atoms with Crippen LogP contribution in [-0.4, -0.2) is 22.2 Å². The van der Waals surface area contributed by atoms with Crippen molar-refractivity contribution in [3.8, 4) is 11.3 Å². The zero-order chi connectivity index (χ0) is 20.5. The topological polar surface area (TPSA) is 55.2 Å². The fraction of sp³-hybridized carbons (Fsp3) is 0.292. The molecule has 5 heteroatoms. The van der Waals surface area contributed by atoms with Gasteiger partial charge in [-0.15, -0.1) is 0 Å². The standard InChI is InChI=1S/C24H25N3O2/c1-4-21(24(29)26-14-13-18-7-5-6-8-22(18)26)27-23(28)12-11-20(25-27)19-10-9-16(2)17(3)15-19/h5-12,15,21H,4,13-14H2,1-3H3. The number of fused-ring (bicyclic) bond motifs is 1. The van der Waals surface area contributed by atoms with Crippen LogP contribution >= 0.6 is 0 Å². The molecular weight excluding hydrogens is 362 g/mol. The largest absolute Gasteiger partial charge is 0.310 e. The molecule has 0 radical (unpaired) electrons. The number of aromatic nitrogens is 2. The quantitative estimate of drug-likeness (QED) is 0.678. The molecule has 2 aromatic carbocycles. The van der Waals surface area contributed by atoms with E-state index in [0.717, 1.165) is 17.7 Å². The maximum Gasteiger partial charge on any atom is 0.267 e. The fourth-order valence-electron chi connectivity index (χ4n) is 3.90. The van der Waals surface area contributed by atoms with Gasteiger partial charge in [0.1, 0.15) is 6.04 Å². The maximum absolute atomic E-state index is 13.4. The Kier molecular flexibility index (Phi) is 5.05. The van der Waals surface area contributed by atoms with Crippen LogP contribution in [0.25, 0.3) is 11.3 Å². The summed E-state index contributed by atoms with van der Waals surface area (Å²) in [6.07, 6.45) is 1.34. The van der Waals surface area contributed by atoms with Gasteiger partial charge in [-0.25, -0.2) is 4.68 Å². The average molecular weight is 387 g/mol. The maximum atomic E-state index is 13.4. The van der Waals surface area contributed by atoms with Gasteiger partial charge in [0.05, 0.1) is 5.69 Å². The summed E-state index contributed by atoms with van der Waals surface area (Å²) in [4.78, 5) is 27.8. The number of carbonyl (C=O) groups is 1. The van der Waals surface area contributed by atoms with Crippen molar-refractivity contribution in [3.05, 3.63) is 81.6 Å². The molecular formula is C24H25N3O2. The molecule has 0 N–H and O–H groups in total. The van der Waals surface area contributed by atoms with E-state index in [2.05, 4.69) is 25.0 Å². The molecule has 29 heavy (non-hydrogen) atoms. The van der Waals surface area contributed by atoms with Crippen LogP contribution in [0.1, 0.15) is 36.1 Å². The van der Waals surface area contributed by atoms with Crippen LogP contribution < -0.4 is 10.5 Å². The summed E-state index contributed by atoms with van der Waals surface area (Å²) in [5, 5.41) is 4.59. The number of anilines is 1. The van der Waals surface area contributed by atoms with Crippen LogP contribution in [-0.2, 0) is 11.2 Å². The van der Waals surface area contributed by atoms with E-state index in [0.29, 0.717) is 18.7 Å². The summed E-state index contributed by atoms with van der Waals surface area (Å²) in [6, 6.07) is 16.7. The second kappa shape index (κ2) is 7.66. The molecule has 1 aliphatic heterocycles. The third-order valence-electron chi connectivity index (χ3n) is 5.75. The molecule has 1 unspecified atom stereocenters. The van der Waals surface area contributed by atoms with Crippen molar-refractivity contribution in [1.82, 2.24) is 9.78 Å². The Labute approximate surface area is 170 Å². The molecule has 0 fully saturated rings. The zero-order valence-electron chi connectivity index (χ0n) is 17.1. The van der Waals surface area contributed by atoms with Crippen LogP contribution in [0.15, 0.2) is 59.4 Å². The molecule has 148 valence electrons. The van der Waals surface area contributed by atoms with E-state index < -0.39 is 6.04 Å². The molecule has 5 nitrogen and oxygen atoms in total. The lowest BCUT2D eigenvalue weighted by Crippen LogP contribution is -2.40. The number of amides is 1. The van der Waals surface area contributed by atoms with Crippen molar-refractivity contribution < 1.29 is 4.79 Å². The number of hydrogen-bond acceptors (Lipinski definition) is 3. The van der Waals surface area contributed by atoms with Crippen LogP contribution in [0.5, 0.6) is 0 Å². The summed E-state index contributed by atoms with van der Waals surface area (Å²) in [7, 11) is 0. The summed E-state index contributed by atoms with van der Waals surface area (Å²) >= 11 is 0. The zero-order valence-corrected chi connectivity index (χ0v) is 17.1. The van der Waals surface area contributed by atoms with Gasteiger partial charge in [0.15, 0.2) is 0 Å². The van der Waals surface area contributed by atoms with Crippen molar-refractivity contribution in [3.63, 3.8) is 0 Å². The highest BCUT2D eigenvalue weighted by atomic mass is 16.2. The van der Waals surface area contributed by atoms with Gasteiger partial charge in [0, 0.05) is 23.9 Å². The van der Waals surface area contributed by atoms with Crippen molar-refractivity contribution in [2.24, 2.45) is 0 Å². The minimum atomic E-state index is -0.625. The van der Waals surface area contributed by atoms with Gasteiger partial charge in [-0.1, -0.05) is 37.3 Å². The fourth-order valence-corrected chi connectivity index (χ4v) is 3.90. The number of para-hydroxylation sites is 1. The average Bonchev–Trinajstić information content (AvgIpc) is 3.16. The lowest BCUT2D eigenvalue weighted by Gasteiger charge is -2.24. The van der Waals surface area contributed by atoms with Gasteiger partial charge < -0.3 is 4.90 Å². The van der Waals surface area contributed by atoms with Gasteiger partial charge in [-0.3, -0.25) is 9.59 Å². The monoisotopic (exact) mass is 387 g/mol. The summed E-state index contributed by atoms with van der Waals surface area (Å²) < 4.78 is 1.35. The van der Waals surface area contributed by atoms with Crippen LogP contribution in [0.3, 0.4) is 0 Å². The predicted octanol–water partition coefficient (Wildman–Crippen LogP) is 4.07. The second-order valence-electron chi connectivity index (χ2n) is 7.59. The Hall–Kier alpha value is -3.21. The molecule has 0 bridgehead atoms. The number of aryl methyl sites for hydroxylation is 2. The van der Waals surface area contributed by atoms with Gasteiger partial charge >= 0.3 is 0 Å². The number of benzene rings is 2. The molecule has 1 atom stereocenters. The highest BCUT2D eigenvalue weighted by Gasteiger charge is 2.31.